The van der Waals surface area contributed by atoms with Crippen LogP contribution >= 0.6 is 0 Å². The molecule has 1 aliphatic rings. The van der Waals surface area contributed by atoms with Gasteiger partial charge in [-0.2, -0.15) is 0 Å². The fraction of sp³-hybridized carbons (Fsp3) is 0.351. The van der Waals surface area contributed by atoms with Crippen molar-refractivity contribution in [2.45, 2.75) is 57.8 Å². The summed E-state index contributed by atoms with van der Waals surface area (Å²) in [5.74, 6) is 2.25. The van der Waals surface area contributed by atoms with Crippen LogP contribution in [0.4, 0.5) is 0 Å². The molecule has 2 N–H and O–H groups in total. The quantitative estimate of drug-likeness (QED) is 0.166. The number of benzene rings is 4. The van der Waals surface area contributed by atoms with Crippen molar-refractivity contribution in [3.63, 3.8) is 0 Å². The van der Waals surface area contributed by atoms with Crippen molar-refractivity contribution in [1.82, 2.24) is 0 Å². The first-order chi connectivity index (χ1) is 20.0. The van der Waals surface area contributed by atoms with Crippen LogP contribution in [0.5, 0.6) is 11.5 Å². The van der Waals surface area contributed by atoms with Gasteiger partial charge in [0, 0.05) is 0 Å². The lowest BCUT2D eigenvalue weighted by Gasteiger charge is -2.35. The van der Waals surface area contributed by atoms with E-state index in [4.69, 9.17) is 9.47 Å². The summed E-state index contributed by atoms with van der Waals surface area (Å²) >= 11 is 0. The van der Waals surface area contributed by atoms with E-state index in [2.05, 4.69) is 113 Å². The summed E-state index contributed by atoms with van der Waals surface area (Å²) in [7, 11) is 0. The molecule has 1 aliphatic carbocycles. The highest BCUT2D eigenvalue weighted by Gasteiger charge is 2.46. The number of aliphatic hydroxyl groups excluding tert-OH is 2. The number of hydrogen-bond donors (Lipinski definition) is 2. The lowest BCUT2D eigenvalue weighted by Crippen LogP contribution is -2.29. The van der Waals surface area contributed by atoms with E-state index in [-0.39, 0.29) is 38.3 Å². The van der Waals surface area contributed by atoms with Crippen LogP contribution in [-0.4, -0.2) is 36.6 Å². The molecule has 2 atom stereocenters. The number of aliphatic hydroxyl groups is 2. The van der Waals surface area contributed by atoms with Gasteiger partial charge in [0.2, 0.25) is 0 Å². The van der Waals surface area contributed by atoms with Crippen molar-refractivity contribution in [2.24, 2.45) is 0 Å². The second-order valence-electron chi connectivity index (χ2n) is 11.1. The van der Waals surface area contributed by atoms with Crippen LogP contribution < -0.4 is 9.47 Å². The van der Waals surface area contributed by atoms with Crippen molar-refractivity contribution in [2.75, 3.05) is 26.4 Å². The zero-order valence-electron chi connectivity index (χ0n) is 24.7. The van der Waals surface area contributed by atoms with Gasteiger partial charge in [-0.15, -0.1) is 0 Å². The topological polar surface area (TPSA) is 58.9 Å². The molecule has 41 heavy (non-hydrogen) atoms. The molecule has 0 heterocycles. The average molecular weight is 551 g/mol. The minimum absolute atomic E-state index is 0.0184. The van der Waals surface area contributed by atoms with Crippen LogP contribution in [0.25, 0.3) is 11.1 Å². The summed E-state index contributed by atoms with van der Waals surface area (Å²) in [5.41, 5.74) is 9.19. The van der Waals surface area contributed by atoms with Gasteiger partial charge in [0.1, 0.15) is 24.7 Å². The summed E-state index contributed by atoms with van der Waals surface area (Å²) in [5, 5.41) is 18.9. The third kappa shape index (κ3) is 5.05. The molecule has 0 saturated carbocycles. The smallest absolute Gasteiger partial charge is 0.122 e. The third-order valence-electron chi connectivity index (χ3n) is 8.82. The van der Waals surface area contributed by atoms with Crippen LogP contribution in [-0.2, 0) is 5.41 Å². The fourth-order valence-electron chi connectivity index (χ4n) is 6.37. The molecule has 2 unspecified atom stereocenters. The largest absolute Gasteiger partial charge is 0.491 e. The Kier molecular flexibility index (Phi) is 8.82. The predicted octanol–water partition coefficient (Wildman–Crippen LogP) is 7.82. The molecule has 0 fully saturated rings. The van der Waals surface area contributed by atoms with Crippen molar-refractivity contribution in [3.8, 4) is 22.6 Å². The molecule has 0 saturated heterocycles. The van der Waals surface area contributed by atoms with E-state index >= 15 is 0 Å². The monoisotopic (exact) mass is 550 g/mol. The molecular formula is C37H42O4. The average Bonchev–Trinajstić information content (AvgIpc) is 3.33. The molecule has 4 nitrogen and oxygen atoms in total. The van der Waals surface area contributed by atoms with Gasteiger partial charge in [-0.3, -0.25) is 0 Å². The number of rotatable bonds is 12. The third-order valence-corrected chi connectivity index (χ3v) is 8.82. The maximum Gasteiger partial charge on any atom is 0.122 e. The summed E-state index contributed by atoms with van der Waals surface area (Å²) in [6.07, 6.45) is 1.96. The minimum atomic E-state index is -0.539. The van der Waals surface area contributed by atoms with Gasteiger partial charge in [-0.25, -0.2) is 0 Å². The molecule has 0 spiro atoms. The zero-order valence-corrected chi connectivity index (χ0v) is 24.7. The molecule has 0 bridgehead atoms. The van der Waals surface area contributed by atoms with E-state index in [1.165, 1.54) is 33.4 Å². The lowest BCUT2D eigenvalue weighted by atomic mass is 9.66. The van der Waals surface area contributed by atoms with Crippen molar-refractivity contribution in [1.29, 1.82) is 0 Å². The predicted molar refractivity (Wildman–Crippen MR) is 166 cm³/mol. The van der Waals surface area contributed by atoms with Gasteiger partial charge in [-0.05, 0) is 81.3 Å². The first-order valence-electron chi connectivity index (χ1n) is 15.0. The molecule has 4 aromatic carbocycles. The summed E-state index contributed by atoms with van der Waals surface area (Å²) in [4.78, 5) is 0. The first-order valence-corrected chi connectivity index (χ1v) is 15.0. The summed E-state index contributed by atoms with van der Waals surface area (Å²) in [6.45, 7) is 9.38. The van der Waals surface area contributed by atoms with E-state index in [1.807, 2.05) is 0 Å². The van der Waals surface area contributed by atoms with Gasteiger partial charge in [0.25, 0.3) is 0 Å². The Bertz CT molecular complexity index is 1380. The first kappa shape index (κ1) is 28.9. The van der Waals surface area contributed by atoms with E-state index in [9.17, 15) is 10.2 Å². The van der Waals surface area contributed by atoms with Crippen molar-refractivity contribution >= 4 is 0 Å². The summed E-state index contributed by atoms with van der Waals surface area (Å²) in [6, 6.07) is 30.8. The van der Waals surface area contributed by atoms with Gasteiger partial charge in [-0.1, -0.05) is 100 Å². The normalized spacial score (nSPS) is 14.7. The highest BCUT2D eigenvalue weighted by molar-refractivity contribution is 5.86. The van der Waals surface area contributed by atoms with Gasteiger partial charge >= 0.3 is 0 Å². The highest BCUT2D eigenvalue weighted by atomic mass is 16.5. The molecule has 0 aromatic heterocycles. The SMILES string of the molecule is CCC(C)c1cc(C2(c3ccc(OCCO)c(C(C)CC)c3)c3ccccc3-c3ccccc32)ccc1OCCO. The maximum absolute atomic E-state index is 9.47. The van der Waals surface area contributed by atoms with E-state index in [0.29, 0.717) is 0 Å². The van der Waals surface area contributed by atoms with E-state index < -0.39 is 5.41 Å². The Morgan fingerprint density at radius 2 is 1.02 bits per heavy atom. The standard InChI is InChI=1S/C37H42O4/c1-5-25(3)31-23-27(15-17-35(31)40-21-19-38)37(28-16-18-36(41-22-20-39)32(24-28)26(4)6-2)33-13-9-7-11-29(33)30-12-8-10-14-34(30)37/h7-18,23-26,38-39H,5-6,19-22H2,1-4H3. The van der Waals surface area contributed by atoms with Crippen LogP contribution in [0.3, 0.4) is 0 Å². The van der Waals surface area contributed by atoms with Crippen LogP contribution in [0.2, 0.25) is 0 Å². The molecule has 4 heteroatoms. The second kappa shape index (κ2) is 12.5. The van der Waals surface area contributed by atoms with Crippen LogP contribution in [0.1, 0.15) is 85.8 Å². The van der Waals surface area contributed by atoms with Crippen molar-refractivity contribution < 1.29 is 19.7 Å². The Morgan fingerprint density at radius 1 is 0.610 bits per heavy atom. The molecule has 0 amide bonds. The number of hydrogen-bond acceptors (Lipinski definition) is 4. The van der Waals surface area contributed by atoms with Crippen LogP contribution in [0.15, 0.2) is 84.9 Å². The fourth-order valence-corrected chi connectivity index (χ4v) is 6.37. The van der Waals surface area contributed by atoms with Crippen molar-refractivity contribution in [3.05, 3.63) is 118 Å². The number of fused-ring (bicyclic) bond motifs is 3. The maximum atomic E-state index is 9.47. The van der Waals surface area contributed by atoms with Crippen LogP contribution in [0, 0.1) is 0 Å². The van der Waals surface area contributed by atoms with E-state index in [0.717, 1.165) is 35.5 Å². The van der Waals surface area contributed by atoms with Gasteiger partial charge < -0.3 is 19.7 Å². The highest BCUT2D eigenvalue weighted by Crippen LogP contribution is 2.57. The molecule has 5 rings (SSSR count). The van der Waals surface area contributed by atoms with Gasteiger partial charge in [0.05, 0.1) is 18.6 Å². The zero-order chi connectivity index (χ0) is 29.0. The molecule has 0 aliphatic heterocycles. The Hall–Kier alpha value is -3.60. The molecular weight excluding hydrogens is 508 g/mol. The Labute approximate surface area is 244 Å². The Balaban J connectivity index is 1.85. The molecule has 4 aromatic rings. The minimum Gasteiger partial charge on any atom is -0.491 e. The molecule has 214 valence electrons. The summed E-state index contributed by atoms with van der Waals surface area (Å²) < 4.78 is 12.1. The van der Waals surface area contributed by atoms with E-state index in [1.54, 1.807) is 0 Å². The molecule has 0 radical (unpaired) electrons. The number of ether oxygens (including phenoxy) is 2. The lowest BCUT2D eigenvalue weighted by molar-refractivity contribution is 0.199. The Morgan fingerprint density at radius 3 is 1.41 bits per heavy atom. The van der Waals surface area contributed by atoms with Gasteiger partial charge in [0.15, 0.2) is 0 Å². The second-order valence-corrected chi connectivity index (χ2v) is 11.1.